The summed E-state index contributed by atoms with van der Waals surface area (Å²) in [6.45, 7) is 15.0. The zero-order chi connectivity index (χ0) is 11.0. The van der Waals surface area contributed by atoms with E-state index in [9.17, 15) is 0 Å². The van der Waals surface area contributed by atoms with Gasteiger partial charge in [-0.3, -0.25) is 0 Å². The van der Waals surface area contributed by atoms with Crippen LogP contribution in [0.3, 0.4) is 0 Å². The molecule has 0 fully saturated rings. The summed E-state index contributed by atoms with van der Waals surface area (Å²) in [6.07, 6.45) is 4.90. The second-order valence-corrected chi connectivity index (χ2v) is 20.1. The van der Waals surface area contributed by atoms with E-state index in [1.54, 1.807) is 0 Å². The second-order valence-electron chi connectivity index (χ2n) is 5.96. The first-order chi connectivity index (χ1) is 6.23. The van der Waals surface area contributed by atoms with Crippen molar-refractivity contribution in [3.05, 3.63) is 20.6 Å². The Labute approximate surface area is 101 Å². The maximum absolute atomic E-state index is 2.52. The molecule has 0 unspecified atom stereocenters. The summed E-state index contributed by atoms with van der Waals surface area (Å²) < 4.78 is 3.38. The average Bonchev–Trinajstić information content (AvgIpc) is 2.01. The summed E-state index contributed by atoms with van der Waals surface area (Å²) >= 11 is 0.161. The minimum atomic E-state index is -1.07. The zero-order valence-electron chi connectivity index (χ0n) is 10.3. The molecule has 1 aliphatic heterocycles. The van der Waals surface area contributed by atoms with Crippen LogP contribution >= 0.6 is 0 Å². The van der Waals surface area contributed by atoms with Crippen molar-refractivity contribution in [1.29, 1.82) is 0 Å². The van der Waals surface area contributed by atoms with E-state index < -0.39 is 16.1 Å². The van der Waals surface area contributed by atoms with Gasteiger partial charge in [0.25, 0.3) is 0 Å². The fourth-order valence-electron chi connectivity index (χ4n) is 1.66. The van der Waals surface area contributed by atoms with Gasteiger partial charge in [-0.2, -0.15) is 0 Å². The molecule has 0 aromatic carbocycles. The van der Waals surface area contributed by atoms with Crippen LogP contribution in [0.15, 0.2) is 20.6 Å². The van der Waals surface area contributed by atoms with E-state index >= 15 is 0 Å². The molecule has 1 rings (SSSR count). The molecular weight excluding hydrogens is 316 g/mol. The quantitative estimate of drug-likeness (QED) is 0.674. The first-order valence-electron chi connectivity index (χ1n) is 5.27. The molecule has 0 radical (unpaired) electrons. The number of hydrogen-bond donors (Lipinski definition) is 0. The van der Waals surface area contributed by atoms with Crippen LogP contribution in [0.2, 0.25) is 43.8 Å². The summed E-state index contributed by atoms with van der Waals surface area (Å²) in [7, 11) is -2.08. The minimum absolute atomic E-state index is 0.161. The van der Waals surface area contributed by atoms with Gasteiger partial charge in [-0.1, -0.05) is 0 Å². The fourth-order valence-corrected chi connectivity index (χ4v) is 15.6. The van der Waals surface area contributed by atoms with Gasteiger partial charge in [0.2, 0.25) is 0 Å². The van der Waals surface area contributed by atoms with Crippen LogP contribution in [-0.4, -0.2) is 37.1 Å². The summed E-state index contributed by atoms with van der Waals surface area (Å²) in [5.41, 5.74) is 0. The van der Waals surface area contributed by atoms with Gasteiger partial charge in [0.05, 0.1) is 0 Å². The Balaban J connectivity index is 3.18. The fraction of sp³-hybridized carbons (Fsp3) is 0.636. The van der Waals surface area contributed by atoms with Crippen LogP contribution in [0.1, 0.15) is 0 Å². The molecule has 80 valence electrons. The predicted molar refractivity (Wildman–Crippen MR) is 73.4 cm³/mol. The van der Waals surface area contributed by atoms with Gasteiger partial charge < -0.3 is 0 Å². The van der Waals surface area contributed by atoms with Crippen LogP contribution in [0.5, 0.6) is 0 Å². The van der Waals surface area contributed by atoms with Crippen molar-refractivity contribution >= 4 is 37.1 Å². The van der Waals surface area contributed by atoms with Gasteiger partial charge in [0, 0.05) is 0 Å². The van der Waals surface area contributed by atoms with E-state index in [0.717, 1.165) is 0 Å². The first-order valence-corrected chi connectivity index (χ1v) is 15.1. The number of allylic oxidation sites excluding steroid dienone is 3. The second kappa shape index (κ2) is 4.29. The molecule has 0 aliphatic carbocycles. The van der Waals surface area contributed by atoms with E-state index in [1.165, 1.54) is 4.47 Å². The Hall–Kier alpha value is 0.703. The molecule has 0 spiro atoms. The van der Waals surface area contributed by atoms with Crippen LogP contribution in [0.4, 0.5) is 0 Å². The molecule has 0 saturated carbocycles. The Kier molecular flexibility index (Phi) is 3.91. The van der Waals surface area contributed by atoms with E-state index in [2.05, 4.69) is 51.4 Å². The molecule has 1 heterocycles. The average molecular weight is 338 g/mol. The van der Waals surface area contributed by atoms with Crippen molar-refractivity contribution < 1.29 is 0 Å². The predicted octanol–water partition coefficient (Wildman–Crippen LogP) is 3.69. The van der Waals surface area contributed by atoms with Crippen molar-refractivity contribution in [2.24, 2.45) is 0 Å². The van der Waals surface area contributed by atoms with Gasteiger partial charge in [-0.15, -0.1) is 0 Å². The summed E-state index contributed by atoms with van der Waals surface area (Å²) in [6, 6.07) is 0. The van der Waals surface area contributed by atoms with Crippen LogP contribution in [-0.2, 0) is 0 Å². The van der Waals surface area contributed by atoms with Gasteiger partial charge in [-0.25, -0.2) is 0 Å². The number of hydrogen-bond acceptors (Lipinski definition) is 0. The molecule has 0 bridgehead atoms. The van der Waals surface area contributed by atoms with Crippen molar-refractivity contribution in [2.75, 3.05) is 0 Å². The molecule has 0 saturated heterocycles. The molecule has 1 aliphatic rings. The van der Waals surface area contributed by atoms with Gasteiger partial charge in [-0.05, 0) is 0 Å². The van der Waals surface area contributed by atoms with Gasteiger partial charge in [0.1, 0.15) is 0 Å². The third-order valence-corrected chi connectivity index (χ3v) is 15.5. The van der Waals surface area contributed by atoms with Crippen LogP contribution in [0.25, 0.3) is 0 Å². The van der Waals surface area contributed by atoms with E-state index in [4.69, 9.17) is 0 Å². The van der Waals surface area contributed by atoms with Crippen molar-refractivity contribution in [3.8, 4) is 0 Å². The third-order valence-electron chi connectivity index (χ3n) is 2.34. The third kappa shape index (κ3) is 3.10. The van der Waals surface area contributed by atoms with Crippen molar-refractivity contribution in [2.45, 2.75) is 43.8 Å². The van der Waals surface area contributed by atoms with E-state index in [0.29, 0.717) is 0 Å². The van der Waals surface area contributed by atoms with Crippen molar-refractivity contribution in [3.63, 3.8) is 0 Å². The van der Waals surface area contributed by atoms with E-state index in [1.807, 2.05) is 8.44 Å². The maximum atomic E-state index is 2.52. The Morgan fingerprint density at radius 1 is 1.00 bits per heavy atom. The van der Waals surface area contributed by atoms with E-state index in [-0.39, 0.29) is 20.9 Å². The van der Waals surface area contributed by atoms with Crippen molar-refractivity contribution in [1.82, 2.24) is 0 Å². The molecule has 3 heteroatoms. The zero-order valence-corrected chi connectivity index (χ0v) is 14.6. The molecule has 0 amide bonds. The normalized spacial score (nSPS) is 19.0. The topological polar surface area (TPSA) is 0 Å². The molecule has 0 atom stereocenters. The molecule has 14 heavy (non-hydrogen) atoms. The van der Waals surface area contributed by atoms with Crippen LogP contribution in [0, 0.1) is 0 Å². The van der Waals surface area contributed by atoms with Crippen LogP contribution < -0.4 is 0 Å². The van der Waals surface area contributed by atoms with Gasteiger partial charge in [0.15, 0.2) is 0 Å². The molecule has 0 N–H and O–H groups in total. The Morgan fingerprint density at radius 3 is 1.93 bits per heavy atom. The first kappa shape index (κ1) is 12.8. The number of rotatable bonds is 2. The Morgan fingerprint density at radius 2 is 1.57 bits per heavy atom. The van der Waals surface area contributed by atoms with Gasteiger partial charge >= 0.3 is 101 Å². The summed E-state index contributed by atoms with van der Waals surface area (Å²) in [4.78, 5) is 0. The molecule has 0 nitrogen and oxygen atoms in total. The SMILES string of the molecule is C[Si](C)(C)C1=C([Si](C)(C)C)[Te]CC=C1. The summed E-state index contributed by atoms with van der Waals surface area (Å²) in [5.74, 6) is 0. The molecule has 0 aromatic heterocycles. The molecular formula is C11H22Si2Te. The molecule has 0 aromatic rings. The monoisotopic (exact) mass is 340 g/mol. The summed E-state index contributed by atoms with van der Waals surface area (Å²) in [5, 5.41) is 1.81. The standard InChI is InChI=1S/C11H22Si2Te/c1-12(2,3)10-8-7-9-14-11(10)13(4,5)6/h7-8H,9H2,1-6H3. The Bertz CT molecular complexity index is 277.